The Morgan fingerprint density at radius 2 is 1.94 bits per heavy atom. The number of carbonyl (C=O) groups excluding carboxylic acids is 1. The minimum atomic E-state index is -0.850. The van der Waals surface area contributed by atoms with Gasteiger partial charge in [0.2, 0.25) is 5.91 Å². The lowest BCUT2D eigenvalue weighted by atomic mass is 10.0. The quantitative estimate of drug-likeness (QED) is 0.807. The summed E-state index contributed by atoms with van der Waals surface area (Å²) in [6, 6.07) is 7.88. The molecule has 0 aliphatic heterocycles. The average molecular weight is 250 g/mol. The highest BCUT2D eigenvalue weighted by Crippen LogP contribution is 2.19. The Kier molecular flexibility index (Phi) is 4.73. The number of rotatable bonds is 6. The van der Waals surface area contributed by atoms with Crippen molar-refractivity contribution in [2.75, 3.05) is 13.7 Å². The molecule has 18 heavy (non-hydrogen) atoms. The van der Waals surface area contributed by atoms with Crippen molar-refractivity contribution in [3.05, 3.63) is 29.8 Å². The van der Waals surface area contributed by atoms with E-state index in [1.54, 1.807) is 14.0 Å². The third-order valence-electron chi connectivity index (χ3n) is 3.17. The first-order valence-electron chi connectivity index (χ1n) is 6.10. The van der Waals surface area contributed by atoms with E-state index in [2.05, 4.69) is 19.2 Å². The van der Waals surface area contributed by atoms with Crippen LogP contribution in [0.15, 0.2) is 24.3 Å². The minimum absolute atomic E-state index is 0.208. The largest absolute Gasteiger partial charge is 0.491 e. The topological polar surface area (TPSA) is 64.3 Å². The van der Waals surface area contributed by atoms with Gasteiger partial charge in [-0.2, -0.15) is 0 Å². The summed E-state index contributed by atoms with van der Waals surface area (Å²) in [5.41, 5.74) is 5.74. The molecule has 1 unspecified atom stereocenters. The maximum absolute atomic E-state index is 11.3. The van der Waals surface area contributed by atoms with Crippen molar-refractivity contribution >= 4 is 5.91 Å². The molecule has 0 radical (unpaired) electrons. The SMILES string of the molecule is CNC(C)(COc1ccc(C(C)C)cc1)C(N)=O. The number of nitrogens with one attached hydrogen (secondary N) is 1. The monoisotopic (exact) mass is 250 g/mol. The van der Waals surface area contributed by atoms with Crippen LogP contribution in [-0.4, -0.2) is 25.1 Å². The molecule has 0 bridgehead atoms. The molecule has 0 aliphatic carbocycles. The maximum Gasteiger partial charge on any atom is 0.240 e. The standard InChI is InChI=1S/C14H22N2O2/c1-10(2)11-5-7-12(8-6-11)18-9-14(3,16-4)13(15)17/h5-8,10,16H,9H2,1-4H3,(H2,15,17). The number of primary amides is 1. The molecule has 0 saturated carbocycles. The fourth-order valence-corrected chi connectivity index (χ4v) is 1.44. The van der Waals surface area contributed by atoms with Gasteiger partial charge in [-0.15, -0.1) is 0 Å². The van der Waals surface area contributed by atoms with Gasteiger partial charge in [-0.25, -0.2) is 0 Å². The van der Waals surface area contributed by atoms with Crippen LogP contribution in [0.25, 0.3) is 0 Å². The van der Waals surface area contributed by atoms with E-state index in [9.17, 15) is 4.79 Å². The molecule has 0 spiro atoms. The average Bonchev–Trinajstić information content (AvgIpc) is 2.36. The molecule has 0 aliphatic rings. The minimum Gasteiger partial charge on any atom is -0.491 e. The van der Waals surface area contributed by atoms with Crippen molar-refractivity contribution in [2.45, 2.75) is 32.2 Å². The van der Waals surface area contributed by atoms with E-state index in [-0.39, 0.29) is 6.61 Å². The molecule has 1 amide bonds. The zero-order valence-corrected chi connectivity index (χ0v) is 11.5. The van der Waals surface area contributed by atoms with Crippen LogP contribution >= 0.6 is 0 Å². The molecule has 1 atom stereocenters. The van der Waals surface area contributed by atoms with E-state index in [4.69, 9.17) is 10.5 Å². The molecule has 1 aromatic carbocycles. The Bertz CT molecular complexity index is 401. The highest BCUT2D eigenvalue weighted by molar-refractivity contribution is 5.84. The first-order valence-corrected chi connectivity index (χ1v) is 6.10. The molecule has 100 valence electrons. The number of amides is 1. The maximum atomic E-state index is 11.3. The molecule has 0 fully saturated rings. The summed E-state index contributed by atoms with van der Waals surface area (Å²) in [6.45, 7) is 6.21. The van der Waals surface area contributed by atoms with Crippen molar-refractivity contribution in [1.29, 1.82) is 0 Å². The van der Waals surface area contributed by atoms with Gasteiger partial charge in [0.1, 0.15) is 17.9 Å². The summed E-state index contributed by atoms with van der Waals surface area (Å²) >= 11 is 0. The van der Waals surface area contributed by atoms with Gasteiger partial charge in [-0.05, 0) is 37.6 Å². The number of carbonyl (C=O) groups is 1. The van der Waals surface area contributed by atoms with E-state index >= 15 is 0 Å². The van der Waals surface area contributed by atoms with Crippen molar-refractivity contribution in [3.63, 3.8) is 0 Å². The van der Waals surface area contributed by atoms with Gasteiger partial charge >= 0.3 is 0 Å². The van der Waals surface area contributed by atoms with E-state index in [1.807, 2.05) is 24.3 Å². The molecule has 0 aromatic heterocycles. The first-order chi connectivity index (χ1) is 8.39. The molecule has 0 saturated heterocycles. The van der Waals surface area contributed by atoms with Gasteiger partial charge in [0.25, 0.3) is 0 Å². The predicted octanol–water partition coefficient (Wildman–Crippen LogP) is 1.65. The van der Waals surface area contributed by atoms with Crippen molar-refractivity contribution in [3.8, 4) is 5.75 Å². The zero-order valence-electron chi connectivity index (χ0n) is 11.5. The predicted molar refractivity (Wildman–Crippen MR) is 72.7 cm³/mol. The van der Waals surface area contributed by atoms with Gasteiger partial charge < -0.3 is 15.8 Å². The summed E-state index contributed by atoms with van der Waals surface area (Å²) < 4.78 is 5.59. The highest BCUT2D eigenvalue weighted by Gasteiger charge is 2.29. The van der Waals surface area contributed by atoms with E-state index in [1.165, 1.54) is 5.56 Å². The Morgan fingerprint density at radius 1 is 1.39 bits per heavy atom. The van der Waals surface area contributed by atoms with Crippen LogP contribution in [0.3, 0.4) is 0 Å². The molecule has 3 N–H and O–H groups in total. The fourth-order valence-electron chi connectivity index (χ4n) is 1.44. The summed E-state index contributed by atoms with van der Waals surface area (Å²) in [6.07, 6.45) is 0. The van der Waals surface area contributed by atoms with E-state index < -0.39 is 11.4 Å². The van der Waals surface area contributed by atoms with Crippen molar-refractivity contribution in [2.24, 2.45) is 5.73 Å². The van der Waals surface area contributed by atoms with Crippen LogP contribution in [0.4, 0.5) is 0 Å². The summed E-state index contributed by atoms with van der Waals surface area (Å²) in [4.78, 5) is 11.3. The van der Waals surface area contributed by atoms with Crippen LogP contribution < -0.4 is 15.8 Å². The third-order valence-corrected chi connectivity index (χ3v) is 3.17. The fraction of sp³-hybridized carbons (Fsp3) is 0.500. The van der Waals surface area contributed by atoms with Gasteiger partial charge in [-0.3, -0.25) is 4.79 Å². The normalized spacial score (nSPS) is 14.3. The Balaban J connectivity index is 2.66. The zero-order chi connectivity index (χ0) is 13.8. The van der Waals surface area contributed by atoms with Crippen molar-refractivity contribution < 1.29 is 9.53 Å². The number of ether oxygens (including phenoxy) is 1. The lowest BCUT2D eigenvalue weighted by molar-refractivity contribution is -0.124. The summed E-state index contributed by atoms with van der Waals surface area (Å²) in [5, 5.41) is 2.88. The summed E-state index contributed by atoms with van der Waals surface area (Å²) in [7, 11) is 1.69. The number of benzene rings is 1. The van der Waals surface area contributed by atoms with Gasteiger partial charge in [-0.1, -0.05) is 26.0 Å². The van der Waals surface area contributed by atoms with Crippen molar-refractivity contribution in [1.82, 2.24) is 5.32 Å². The molecular formula is C14H22N2O2. The smallest absolute Gasteiger partial charge is 0.240 e. The second-order valence-corrected chi connectivity index (χ2v) is 4.96. The second-order valence-electron chi connectivity index (χ2n) is 4.96. The lowest BCUT2D eigenvalue weighted by Crippen LogP contribution is -2.55. The molecule has 0 heterocycles. The van der Waals surface area contributed by atoms with Crippen LogP contribution in [0.5, 0.6) is 5.75 Å². The Labute approximate surface area is 109 Å². The summed E-state index contributed by atoms with van der Waals surface area (Å²) in [5.74, 6) is 0.804. The van der Waals surface area contributed by atoms with Gasteiger partial charge in [0.15, 0.2) is 0 Å². The number of likely N-dealkylation sites (N-methyl/N-ethyl adjacent to an activating group) is 1. The number of hydrogen-bond acceptors (Lipinski definition) is 3. The molecule has 4 nitrogen and oxygen atoms in total. The lowest BCUT2D eigenvalue weighted by Gasteiger charge is -2.25. The third kappa shape index (κ3) is 3.47. The first kappa shape index (κ1) is 14.5. The molecule has 4 heteroatoms. The number of hydrogen-bond donors (Lipinski definition) is 2. The van der Waals surface area contributed by atoms with E-state index in [0.717, 1.165) is 5.75 Å². The van der Waals surface area contributed by atoms with Crippen LogP contribution in [-0.2, 0) is 4.79 Å². The van der Waals surface area contributed by atoms with Crippen LogP contribution in [0, 0.1) is 0 Å². The Hall–Kier alpha value is -1.55. The number of nitrogens with two attached hydrogens (primary N) is 1. The molecule has 1 aromatic rings. The van der Waals surface area contributed by atoms with Crippen LogP contribution in [0.1, 0.15) is 32.3 Å². The molecule has 1 rings (SSSR count). The van der Waals surface area contributed by atoms with Gasteiger partial charge in [0, 0.05) is 0 Å². The molecular weight excluding hydrogens is 228 g/mol. The van der Waals surface area contributed by atoms with Gasteiger partial charge in [0.05, 0.1) is 0 Å². The van der Waals surface area contributed by atoms with Crippen LogP contribution in [0.2, 0.25) is 0 Å². The highest BCUT2D eigenvalue weighted by atomic mass is 16.5. The Morgan fingerprint density at radius 3 is 2.33 bits per heavy atom. The van der Waals surface area contributed by atoms with E-state index in [0.29, 0.717) is 5.92 Å². The second kappa shape index (κ2) is 5.87.